The molecule has 2 saturated heterocycles. The molecule has 2 aliphatic heterocycles. The van der Waals surface area contributed by atoms with Crippen LogP contribution >= 0.6 is 0 Å². The van der Waals surface area contributed by atoms with Crippen molar-refractivity contribution in [3.8, 4) is 11.3 Å². The first-order valence-corrected chi connectivity index (χ1v) is 9.71. The molecule has 2 fully saturated rings. The van der Waals surface area contributed by atoms with Crippen molar-refractivity contribution in [3.63, 3.8) is 0 Å². The lowest BCUT2D eigenvalue weighted by Crippen LogP contribution is -2.45. The molecule has 0 bridgehead atoms. The Bertz CT molecular complexity index is 897. The highest BCUT2D eigenvalue weighted by Crippen LogP contribution is 2.24. The van der Waals surface area contributed by atoms with Gasteiger partial charge in [0, 0.05) is 43.4 Å². The van der Waals surface area contributed by atoms with Crippen LogP contribution in [0, 0.1) is 0 Å². The van der Waals surface area contributed by atoms with Crippen LogP contribution < -0.4 is 5.32 Å². The number of fused-ring (bicyclic) bond motifs is 1. The number of nitrogens with zero attached hydrogens (tertiary/aromatic N) is 5. The van der Waals surface area contributed by atoms with E-state index in [4.69, 9.17) is 4.74 Å². The molecule has 0 saturated carbocycles. The van der Waals surface area contributed by atoms with Gasteiger partial charge in [0.2, 0.25) is 0 Å². The first kappa shape index (κ1) is 16.6. The molecule has 2 aromatic heterocycles. The number of rotatable bonds is 4. The molecular formula is C20H24N6O. The molecule has 1 aromatic carbocycles. The molecule has 7 heteroatoms. The van der Waals surface area contributed by atoms with Crippen molar-refractivity contribution in [1.82, 2.24) is 24.5 Å². The second-order valence-electron chi connectivity index (χ2n) is 7.34. The van der Waals surface area contributed by atoms with Gasteiger partial charge in [0.15, 0.2) is 0 Å². The van der Waals surface area contributed by atoms with Crippen LogP contribution in [-0.2, 0) is 4.74 Å². The molecule has 0 radical (unpaired) electrons. The van der Waals surface area contributed by atoms with Gasteiger partial charge in [0.25, 0.3) is 5.78 Å². The molecule has 4 heterocycles. The van der Waals surface area contributed by atoms with Crippen LogP contribution in [0.25, 0.3) is 17.0 Å². The number of piperidine rings is 1. The predicted molar refractivity (Wildman–Crippen MR) is 104 cm³/mol. The standard InChI is InChI=1S/C20H24N6O/c1-2-4-15(5-3-1)18-12-19(26-20(24-18)21-14-22-26)23-16-6-9-25(10-7-16)17-8-11-27-13-17/h1-5,12,14,16-17,23H,6-11,13H2/t17-/m1/s1. The van der Waals surface area contributed by atoms with Crippen LogP contribution in [0.4, 0.5) is 5.82 Å². The van der Waals surface area contributed by atoms with Gasteiger partial charge in [-0.15, -0.1) is 0 Å². The molecule has 7 nitrogen and oxygen atoms in total. The van der Waals surface area contributed by atoms with Crippen molar-refractivity contribution in [1.29, 1.82) is 0 Å². The van der Waals surface area contributed by atoms with Gasteiger partial charge >= 0.3 is 0 Å². The Morgan fingerprint density at radius 3 is 2.70 bits per heavy atom. The molecule has 0 amide bonds. The number of likely N-dealkylation sites (tertiary alicyclic amines) is 1. The Morgan fingerprint density at radius 1 is 1.07 bits per heavy atom. The van der Waals surface area contributed by atoms with Crippen molar-refractivity contribution in [2.45, 2.75) is 31.3 Å². The summed E-state index contributed by atoms with van der Waals surface area (Å²) in [4.78, 5) is 11.5. The number of hydrogen-bond donors (Lipinski definition) is 1. The fourth-order valence-electron chi connectivity index (χ4n) is 4.10. The van der Waals surface area contributed by atoms with Crippen LogP contribution in [0.2, 0.25) is 0 Å². The SMILES string of the molecule is c1ccc(-c2cc(NC3CCN([C@@H]4CCOC4)CC3)n3ncnc3n2)cc1. The van der Waals surface area contributed by atoms with E-state index >= 15 is 0 Å². The second-order valence-corrected chi connectivity index (χ2v) is 7.34. The minimum absolute atomic E-state index is 0.432. The zero-order chi connectivity index (χ0) is 18.1. The molecule has 5 rings (SSSR count). The van der Waals surface area contributed by atoms with Crippen LogP contribution in [0.5, 0.6) is 0 Å². The van der Waals surface area contributed by atoms with E-state index in [-0.39, 0.29) is 0 Å². The topological polar surface area (TPSA) is 67.6 Å². The third kappa shape index (κ3) is 3.40. The fraction of sp³-hybridized carbons (Fsp3) is 0.450. The zero-order valence-electron chi connectivity index (χ0n) is 15.3. The molecule has 1 atom stereocenters. The van der Waals surface area contributed by atoms with E-state index in [0.717, 1.165) is 56.2 Å². The molecule has 3 aromatic rings. The summed E-state index contributed by atoms with van der Waals surface area (Å²) < 4.78 is 7.34. The van der Waals surface area contributed by atoms with Gasteiger partial charge in [-0.25, -0.2) is 4.98 Å². The summed E-state index contributed by atoms with van der Waals surface area (Å²) in [5.74, 6) is 1.58. The highest BCUT2D eigenvalue weighted by molar-refractivity contribution is 5.65. The molecule has 27 heavy (non-hydrogen) atoms. The predicted octanol–water partition coefficient (Wildman–Crippen LogP) is 2.46. The summed E-state index contributed by atoms with van der Waals surface area (Å²) >= 11 is 0. The van der Waals surface area contributed by atoms with E-state index in [2.05, 4.69) is 43.5 Å². The van der Waals surface area contributed by atoms with E-state index in [1.165, 1.54) is 6.42 Å². The molecule has 0 spiro atoms. The summed E-state index contributed by atoms with van der Waals surface area (Å²) in [6.45, 7) is 4.03. The molecule has 0 unspecified atom stereocenters. The van der Waals surface area contributed by atoms with Crippen LogP contribution in [0.3, 0.4) is 0 Å². The van der Waals surface area contributed by atoms with E-state index in [9.17, 15) is 0 Å². The number of nitrogens with one attached hydrogen (secondary N) is 1. The largest absolute Gasteiger partial charge is 0.380 e. The highest BCUT2D eigenvalue weighted by Gasteiger charge is 2.28. The van der Waals surface area contributed by atoms with Crippen LogP contribution in [0.1, 0.15) is 19.3 Å². The Balaban J connectivity index is 1.35. The summed E-state index contributed by atoms with van der Waals surface area (Å²) in [7, 11) is 0. The zero-order valence-corrected chi connectivity index (χ0v) is 15.3. The summed E-state index contributed by atoms with van der Waals surface area (Å²) in [6.07, 6.45) is 4.97. The quantitative estimate of drug-likeness (QED) is 0.767. The average Bonchev–Trinajstić information content (AvgIpc) is 3.41. The maximum atomic E-state index is 5.54. The van der Waals surface area contributed by atoms with Crippen molar-refractivity contribution in [2.75, 3.05) is 31.6 Å². The van der Waals surface area contributed by atoms with E-state index < -0.39 is 0 Å². The Kier molecular flexibility index (Phi) is 4.47. The van der Waals surface area contributed by atoms with Gasteiger partial charge in [-0.3, -0.25) is 4.90 Å². The Hall–Kier alpha value is -2.51. The van der Waals surface area contributed by atoms with Crippen molar-refractivity contribution in [3.05, 3.63) is 42.7 Å². The smallest absolute Gasteiger partial charge is 0.254 e. The minimum atomic E-state index is 0.432. The molecule has 1 N–H and O–H groups in total. The lowest BCUT2D eigenvalue weighted by molar-refractivity contribution is 0.124. The molecular weight excluding hydrogens is 340 g/mol. The lowest BCUT2D eigenvalue weighted by atomic mass is 10.0. The highest BCUT2D eigenvalue weighted by atomic mass is 16.5. The van der Waals surface area contributed by atoms with Crippen molar-refractivity contribution >= 4 is 11.6 Å². The molecule has 2 aliphatic rings. The van der Waals surface area contributed by atoms with Crippen LogP contribution in [-0.4, -0.2) is 62.9 Å². The first-order chi connectivity index (χ1) is 13.4. The van der Waals surface area contributed by atoms with E-state index in [0.29, 0.717) is 17.9 Å². The average molecular weight is 364 g/mol. The maximum absolute atomic E-state index is 5.54. The molecule has 140 valence electrons. The number of benzene rings is 1. The fourth-order valence-corrected chi connectivity index (χ4v) is 4.10. The van der Waals surface area contributed by atoms with Gasteiger partial charge in [-0.05, 0) is 19.3 Å². The van der Waals surface area contributed by atoms with Crippen molar-refractivity contribution in [2.24, 2.45) is 0 Å². The van der Waals surface area contributed by atoms with Gasteiger partial charge in [-0.1, -0.05) is 30.3 Å². The summed E-state index contributed by atoms with van der Waals surface area (Å²) in [6, 6.07) is 13.3. The minimum Gasteiger partial charge on any atom is -0.380 e. The van der Waals surface area contributed by atoms with Crippen molar-refractivity contribution < 1.29 is 4.74 Å². The normalized spacial score (nSPS) is 21.7. The molecule has 0 aliphatic carbocycles. The lowest BCUT2D eigenvalue weighted by Gasteiger charge is -2.35. The Labute approximate surface area is 158 Å². The number of ether oxygens (including phenoxy) is 1. The number of aromatic nitrogens is 4. The third-order valence-corrected chi connectivity index (χ3v) is 5.62. The number of anilines is 1. The third-order valence-electron chi connectivity index (χ3n) is 5.62. The first-order valence-electron chi connectivity index (χ1n) is 9.71. The van der Waals surface area contributed by atoms with Gasteiger partial charge in [-0.2, -0.15) is 14.6 Å². The van der Waals surface area contributed by atoms with E-state index in [1.807, 2.05) is 18.2 Å². The van der Waals surface area contributed by atoms with E-state index in [1.54, 1.807) is 10.8 Å². The van der Waals surface area contributed by atoms with Gasteiger partial charge in [0.1, 0.15) is 12.1 Å². The van der Waals surface area contributed by atoms with Gasteiger partial charge < -0.3 is 10.1 Å². The van der Waals surface area contributed by atoms with Crippen LogP contribution in [0.15, 0.2) is 42.7 Å². The monoisotopic (exact) mass is 364 g/mol. The van der Waals surface area contributed by atoms with Gasteiger partial charge in [0.05, 0.1) is 12.3 Å². The summed E-state index contributed by atoms with van der Waals surface area (Å²) in [5, 5.41) is 8.04. The summed E-state index contributed by atoms with van der Waals surface area (Å²) in [5.41, 5.74) is 2.00. The Morgan fingerprint density at radius 2 is 1.93 bits per heavy atom. The number of hydrogen-bond acceptors (Lipinski definition) is 6. The maximum Gasteiger partial charge on any atom is 0.254 e. The second kappa shape index (κ2) is 7.25.